The van der Waals surface area contributed by atoms with Gasteiger partial charge in [-0.25, -0.2) is 14.5 Å². The first-order valence-electron chi connectivity index (χ1n) is 8.23. The van der Waals surface area contributed by atoms with E-state index in [0.29, 0.717) is 0 Å². The number of halogens is 3. The third-order valence-corrected chi connectivity index (χ3v) is 3.51. The molecule has 2 rings (SSSR count). The molecule has 0 aliphatic carbocycles. The molecule has 0 atom stereocenters. The highest BCUT2D eigenvalue weighted by atomic mass is 19.4. The molecule has 0 fully saturated rings. The first-order chi connectivity index (χ1) is 12.5. The number of nitrogens with zero attached hydrogens (tertiary/aromatic N) is 3. The number of hydrogen-bond acceptors (Lipinski definition) is 4. The number of carbonyl (C=O) groups is 1. The maximum Gasteiger partial charge on any atom is 0.416 e. The van der Waals surface area contributed by atoms with Crippen molar-refractivity contribution in [1.29, 1.82) is 0 Å². The van der Waals surface area contributed by atoms with E-state index in [-0.39, 0.29) is 34.7 Å². The average molecular weight is 383 g/mol. The maximum atomic E-state index is 13.2. The first-order valence-corrected chi connectivity index (χ1v) is 8.23. The van der Waals surface area contributed by atoms with Crippen molar-refractivity contribution in [3.8, 4) is 17.1 Å². The quantitative estimate of drug-likeness (QED) is 0.751. The van der Waals surface area contributed by atoms with E-state index in [1.807, 2.05) is 0 Å². The normalized spacial score (nSPS) is 12.7. The molecule has 1 aromatic carbocycles. The van der Waals surface area contributed by atoms with Crippen LogP contribution in [0.5, 0.6) is 5.75 Å². The Morgan fingerprint density at radius 2 is 1.89 bits per heavy atom. The minimum atomic E-state index is -4.55. The Hall–Kier alpha value is -2.84. The summed E-state index contributed by atoms with van der Waals surface area (Å²) in [6.07, 6.45) is -2.34. The summed E-state index contributed by atoms with van der Waals surface area (Å²) in [5.41, 5.74) is -0.663. The summed E-state index contributed by atoms with van der Waals surface area (Å²) >= 11 is 0. The molecule has 6 nitrogen and oxygen atoms in total. The number of carboxylic acid groups (broad SMARTS) is 1. The number of aliphatic carboxylic acids is 1. The van der Waals surface area contributed by atoms with E-state index in [0.717, 1.165) is 12.1 Å². The van der Waals surface area contributed by atoms with Gasteiger partial charge in [-0.1, -0.05) is 13.8 Å². The molecule has 27 heavy (non-hydrogen) atoms. The number of hydrogen-bond donors (Lipinski definition) is 1. The van der Waals surface area contributed by atoms with E-state index in [9.17, 15) is 23.1 Å². The first kappa shape index (κ1) is 20.5. The van der Waals surface area contributed by atoms with Gasteiger partial charge in [0, 0.05) is 11.8 Å². The molecule has 1 heterocycles. The zero-order chi connectivity index (χ0) is 20.4. The molecule has 0 saturated carbocycles. The molecular weight excluding hydrogens is 363 g/mol. The minimum Gasteiger partial charge on any atom is -0.491 e. The number of carboxylic acids is 1. The van der Waals surface area contributed by atoms with Crippen LogP contribution in [-0.4, -0.2) is 31.9 Å². The van der Waals surface area contributed by atoms with Crippen molar-refractivity contribution in [2.75, 3.05) is 0 Å². The summed E-state index contributed by atoms with van der Waals surface area (Å²) in [5, 5.41) is 13.3. The Balaban J connectivity index is 2.48. The van der Waals surface area contributed by atoms with Crippen molar-refractivity contribution < 1.29 is 27.8 Å². The SMILES string of the molecule is CC(C)Oc1cc(-c2ncn(C=C(C(=O)O)C(C)C)n2)cc(C(F)(F)F)c1. The number of aromatic nitrogens is 3. The van der Waals surface area contributed by atoms with Gasteiger partial charge in [-0.05, 0) is 38.0 Å². The van der Waals surface area contributed by atoms with Crippen LogP contribution >= 0.6 is 0 Å². The molecule has 0 saturated heterocycles. The lowest BCUT2D eigenvalue weighted by molar-refractivity contribution is -0.137. The van der Waals surface area contributed by atoms with Crippen LogP contribution in [0.25, 0.3) is 17.6 Å². The number of ether oxygens (including phenoxy) is 1. The van der Waals surface area contributed by atoms with Crippen molar-refractivity contribution in [2.24, 2.45) is 5.92 Å². The van der Waals surface area contributed by atoms with Gasteiger partial charge in [0.1, 0.15) is 12.1 Å². The van der Waals surface area contributed by atoms with Gasteiger partial charge in [-0.3, -0.25) is 0 Å². The van der Waals surface area contributed by atoms with E-state index in [4.69, 9.17) is 4.74 Å². The molecule has 1 aromatic heterocycles. The highest BCUT2D eigenvalue weighted by Gasteiger charge is 2.32. The molecule has 9 heteroatoms. The van der Waals surface area contributed by atoms with Crippen LogP contribution < -0.4 is 4.74 Å². The molecule has 0 amide bonds. The minimum absolute atomic E-state index is 0.0273. The van der Waals surface area contributed by atoms with Gasteiger partial charge in [-0.15, -0.1) is 5.10 Å². The largest absolute Gasteiger partial charge is 0.491 e. The summed E-state index contributed by atoms with van der Waals surface area (Å²) < 4.78 is 46.1. The molecule has 2 aromatic rings. The Kier molecular flexibility index (Phi) is 5.92. The lowest BCUT2D eigenvalue weighted by atomic mass is 10.1. The van der Waals surface area contributed by atoms with Gasteiger partial charge >= 0.3 is 12.1 Å². The monoisotopic (exact) mass is 383 g/mol. The second kappa shape index (κ2) is 7.81. The molecular formula is C18H20F3N3O3. The Labute approximate surface area is 154 Å². The zero-order valence-electron chi connectivity index (χ0n) is 15.3. The van der Waals surface area contributed by atoms with Gasteiger partial charge in [0.15, 0.2) is 5.82 Å². The van der Waals surface area contributed by atoms with E-state index in [1.54, 1.807) is 27.7 Å². The summed E-state index contributed by atoms with van der Waals surface area (Å²) in [4.78, 5) is 15.2. The predicted molar refractivity (Wildman–Crippen MR) is 93.0 cm³/mol. The Morgan fingerprint density at radius 1 is 1.22 bits per heavy atom. The lowest BCUT2D eigenvalue weighted by Gasteiger charge is -2.14. The smallest absolute Gasteiger partial charge is 0.416 e. The number of alkyl halides is 3. The van der Waals surface area contributed by atoms with E-state index in [2.05, 4.69) is 10.1 Å². The van der Waals surface area contributed by atoms with Gasteiger partial charge in [0.25, 0.3) is 0 Å². The topological polar surface area (TPSA) is 77.2 Å². The number of benzene rings is 1. The highest BCUT2D eigenvalue weighted by molar-refractivity contribution is 5.90. The van der Waals surface area contributed by atoms with E-state index < -0.39 is 17.7 Å². The van der Waals surface area contributed by atoms with Crippen LogP contribution in [0.4, 0.5) is 13.2 Å². The standard InChI is InChI=1S/C18H20F3N3O3/c1-10(2)15(17(25)26)8-24-9-22-16(23-24)12-5-13(18(19,20)21)7-14(6-12)27-11(3)4/h5-11H,1-4H3,(H,25,26). The van der Waals surface area contributed by atoms with Crippen LogP contribution in [0.1, 0.15) is 33.3 Å². The highest BCUT2D eigenvalue weighted by Crippen LogP contribution is 2.35. The number of rotatable bonds is 6. The molecule has 0 spiro atoms. The fourth-order valence-electron chi connectivity index (χ4n) is 2.30. The summed E-state index contributed by atoms with van der Waals surface area (Å²) in [7, 11) is 0. The Morgan fingerprint density at radius 3 is 2.41 bits per heavy atom. The van der Waals surface area contributed by atoms with Crippen molar-refractivity contribution in [3.05, 3.63) is 35.7 Å². The van der Waals surface area contributed by atoms with Crippen molar-refractivity contribution in [2.45, 2.75) is 40.0 Å². The van der Waals surface area contributed by atoms with Crippen LogP contribution in [-0.2, 0) is 11.0 Å². The third-order valence-electron chi connectivity index (χ3n) is 3.51. The fraction of sp³-hybridized carbons (Fsp3) is 0.389. The van der Waals surface area contributed by atoms with Crippen molar-refractivity contribution in [1.82, 2.24) is 14.8 Å². The van der Waals surface area contributed by atoms with Gasteiger partial charge in [-0.2, -0.15) is 13.2 Å². The van der Waals surface area contributed by atoms with Gasteiger partial charge in [0.2, 0.25) is 0 Å². The third kappa shape index (κ3) is 5.32. The zero-order valence-corrected chi connectivity index (χ0v) is 15.3. The summed E-state index contributed by atoms with van der Waals surface area (Å²) in [6.45, 7) is 6.83. The van der Waals surface area contributed by atoms with Gasteiger partial charge in [0.05, 0.1) is 17.2 Å². The van der Waals surface area contributed by atoms with Gasteiger partial charge < -0.3 is 9.84 Å². The second-order valence-corrected chi connectivity index (χ2v) is 6.50. The maximum absolute atomic E-state index is 13.2. The van der Waals surface area contributed by atoms with E-state index >= 15 is 0 Å². The van der Waals surface area contributed by atoms with Crippen LogP contribution in [0.15, 0.2) is 30.1 Å². The van der Waals surface area contributed by atoms with Crippen molar-refractivity contribution in [3.63, 3.8) is 0 Å². The average Bonchev–Trinajstić information content (AvgIpc) is 2.99. The van der Waals surface area contributed by atoms with Crippen LogP contribution in [0.3, 0.4) is 0 Å². The molecule has 0 radical (unpaired) electrons. The lowest BCUT2D eigenvalue weighted by Crippen LogP contribution is -2.09. The Bertz CT molecular complexity index is 855. The predicted octanol–water partition coefficient (Wildman–Crippen LogP) is 4.33. The summed E-state index contributed by atoms with van der Waals surface area (Å²) in [5.74, 6) is -1.29. The second-order valence-electron chi connectivity index (χ2n) is 6.50. The molecule has 0 bridgehead atoms. The summed E-state index contributed by atoms with van der Waals surface area (Å²) in [6, 6.07) is 3.26. The van der Waals surface area contributed by atoms with E-state index in [1.165, 1.54) is 23.3 Å². The van der Waals surface area contributed by atoms with Crippen LogP contribution in [0, 0.1) is 5.92 Å². The fourth-order valence-corrected chi connectivity index (χ4v) is 2.30. The molecule has 0 aliphatic rings. The molecule has 146 valence electrons. The molecule has 0 aliphatic heterocycles. The molecule has 1 N–H and O–H groups in total. The van der Waals surface area contributed by atoms with Crippen molar-refractivity contribution >= 4 is 12.2 Å². The van der Waals surface area contributed by atoms with Crippen LogP contribution in [0.2, 0.25) is 0 Å². The molecule has 0 unspecified atom stereocenters.